The van der Waals surface area contributed by atoms with Crippen LogP contribution in [0.4, 0.5) is 5.69 Å². The Kier molecular flexibility index (Phi) is 8.56. The lowest BCUT2D eigenvalue weighted by molar-refractivity contribution is -0.113. The van der Waals surface area contributed by atoms with Crippen LogP contribution >= 0.6 is 35.0 Å². The Labute approximate surface area is 228 Å². The number of aromatic nitrogens is 2. The van der Waals surface area contributed by atoms with Crippen LogP contribution in [0.3, 0.4) is 0 Å². The van der Waals surface area contributed by atoms with Gasteiger partial charge in [-0.25, -0.2) is 4.98 Å². The minimum absolute atomic E-state index is 0.0783. The highest BCUT2D eigenvalue weighted by Crippen LogP contribution is 2.28. The average molecular weight is 556 g/mol. The van der Waals surface area contributed by atoms with Crippen molar-refractivity contribution in [1.82, 2.24) is 9.55 Å². The Balaban J connectivity index is 1.39. The molecule has 0 saturated heterocycles. The Morgan fingerprint density at radius 3 is 2.19 bits per heavy atom. The highest BCUT2D eigenvalue weighted by Gasteiger charge is 2.20. The average Bonchev–Trinajstić information content (AvgIpc) is 3.21. The van der Waals surface area contributed by atoms with Crippen LogP contribution in [0.1, 0.15) is 35.0 Å². The van der Waals surface area contributed by atoms with Crippen LogP contribution in [-0.4, -0.2) is 32.1 Å². The topological polar surface area (TPSA) is 93.5 Å². The quantitative estimate of drug-likeness (QED) is 0.139. The minimum atomic E-state index is -1.15. The normalized spacial score (nSPS) is 11.7. The fraction of sp³-hybridized carbons (Fsp3) is 0.148. The first-order valence-electron chi connectivity index (χ1n) is 11.2. The van der Waals surface area contributed by atoms with Gasteiger partial charge in [0.15, 0.2) is 10.9 Å². The molecule has 0 saturated carbocycles. The van der Waals surface area contributed by atoms with Gasteiger partial charge in [-0.15, -0.1) is 0 Å². The van der Waals surface area contributed by atoms with Gasteiger partial charge in [-0.05, 0) is 67.6 Å². The van der Waals surface area contributed by atoms with Gasteiger partial charge in [0.25, 0.3) is 0 Å². The molecule has 190 valence electrons. The molecule has 0 aliphatic heterocycles. The van der Waals surface area contributed by atoms with Crippen LogP contribution in [0.25, 0.3) is 5.69 Å². The lowest BCUT2D eigenvalue weighted by atomic mass is 10.2. The van der Waals surface area contributed by atoms with E-state index in [9.17, 15) is 14.7 Å². The summed E-state index contributed by atoms with van der Waals surface area (Å²) < 4.78 is 7.29. The molecule has 10 heteroatoms. The SMILES string of the molecule is CC(=O)c1c(C)nc(SCC(=O)Nc2ccc(OC(O)c3ccc(Cl)cc3)cc2)n1-c1ccc(Cl)cc1. The number of hydrogen-bond donors (Lipinski definition) is 2. The highest BCUT2D eigenvalue weighted by atomic mass is 35.5. The van der Waals surface area contributed by atoms with E-state index >= 15 is 0 Å². The maximum atomic E-state index is 12.6. The molecule has 1 amide bonds. The van der Waals surface area contributed by atoms with Gasteiger partial charge < -0.3 is 15.2 Å². The fourth-order valence-electron chi connectivity index (χ4n) is 3.61. The summed E-state index contributed by atoms with van der Waals surface area (Å²) in [5.74, 6) is 0.147. The molecule has 0 fully saturated rings. The molecule has 1 heterocycles. The highest BCUT2D eigenvalue weighted by molar-refractivity contribution is 7.99. The van der Waals surface area contributed by atoms with Gasteiger partial charge in [0.1, 0.15) is 11.4 Å². The zero-order chi connectivity index (χ0) is 26.5. The van der Waals surface area contributed by atoms with E-state index in [2.05, 4.69) is 10.3 Å². The number of Topliss-reactive ketones (excluding diaryl/α,β-unsaturated/α-hetero) is 1. The van der Waals surface area contributed by atoms with Crippen molar-refractivity contribution in [3.63, 3.8) is 0 Å². The summed E-state index contributed by atoms with van der Waals surface area (Å²) in [5.41, 5.74) is 2.91. The maximum Gasteiger partial charge on any atom is 0.234 e. The first kappa shape index (κ1) is 26.8. The van der Waals surface area contributed by atoms with Crippen molar-refractivity contribution in [3.05, 3.63) is 99.8 Å². The monoisotopic (exact) mass is 555 g/mol. The molecule has 3 aromatic carbocycles. The third-order valence-corrected chi connectivity index (χ3v) is 6.76. The predicted octanol–water partition coefficient (Wildman–Crippen LogP) is 6.49. The molecule has 0 aliphatic carbocycles. The second-order valence-corrected chi connectivity index (χ2v) is 9.89. The molecule has 37 heavy (non-hydrogen) atoms. The maximum absolute atomic E-state index is 12.6. The van der Waals surface area contributed by atoms with Gasteiger partial charge in [-0.1, -0.05) is 47.1 Å². The van der Waals surface area contributed by atoms with Crippen molar-refractivity contribution in [2.45, 2.75) is 25.3 Å². The molecular weight excluding hydrogens is 533 g/mol. The number of carbonyl (C=O) groups is 2. The molecule has 0 radical (unpaired) electrons. The van der Waals surface area contributed by atoms with Crippen LogP contribution in [0.2, 0.25) is 10.0 Å². The zero-order valence-corrected chi connectivity index (χ0v) is 22.3. The number of anilines is 1. The third kappa shape index (κ3) is 6.72. The molecule has 4 aromatic rings. The van der Waals surface area contributed by atoms with Crippen LogP contribution in [0.15, 0.2) is 78.0 Å². The van der Waals surface area contributed by atoms with E-state index < -0.39 is 6.29 Å². The number of amides is 1. The standard InChI is InChI=1S/C27H23Cl2N3O4S/c1-16-25(17(2)33)32(22-11-7-20(29)8-12-22)27(30-16)37-15-24(34)31-21-9-13-23(14-10-21)36-26(35)18-3-5-19(28)6-4-18/h3-14,26,35H,15H2,1-2H3,(H,31,34). The Hall–Kier alpha value is -3.30. The summed E-state index contributed by atoms with van der Waals surface area (Å²) in [6.07, 6.45) is -1.15. The summed E-state index contributed by atoms with van der Waals surface area (Å²) in [7, 11) is 0. The molecule has 7 nitrogen and oxygen atoms in total. The number of imidazole rings is 1. The van der Waals surface area contributed by atoms with Crippen molar-refractivity contribution in [1.29, 1.82) is 0 Å². The second kappa shape index (κ2) is 11.8. The molecule has 1 unspecified atom stereocenters. The summed E-state index contributed by atoms with van der Waals surface area (Å²) in [6.45, 7) is 3.25. The van der Waals surface area contributed by atoms with E-state index in [4.69, 9.17) is 27.9 Å². The van der Waals surface area contributed by atoms with Gasteiger partial charge in [-0.3, -0.25) is 14.2 Å². The smallest absolute Gasteiger partial charge is 0.234 e. The lowest BCUT2D eigenvalue weighted by Gasteiger charge is -2.14. The van der Waals surface area contributed by atoms with E-state index in [0.717, 1.165) is 5.69 Å². The second-order valence-electron chi connectivity index (χ2n) is 8.08. The van der Waals surface area contributed by atoms with Crippen molar-refractivity contribution in [2.75, 3.05) is 11.1 Å². The van der Waals surface area contributed by atoms with E-state index in [1.165, 1.54) is 18.7 Å². The number of aliphatic hydroxyl groups is 1. The van der Waals surface area contributed by atoms with E-state index in [1.807, 2.05) is 0 Å². The van der Waals surface area contributed by atoms with E-state index in [1.54, 1.807) is 84.3 Å². The fourth-order valence-corrected chi connectivity index (χ4v) is 4.72. The van der Waals surface area contributed by atoms with Crippen molar-refractivity contribution in [3.8, 4) is 11.4 Å². The molecule has 0 aliphatic rings. The van der Waals surface area contributed by atoms with Crippen LogP contribution < -0.4 is 10.1 Å². The number of nitrogens with zero attached hydrogens (tertiary/aromatic N) is 2. The van der Waals surface area contributed by atoms with Gasteiger partial charge in [-0.2, -0.15) is 0 Å². The van der Waals surface area contributed by atoms with E-state index in [-0.39, 0.29) is 17.4 Å². The number of carbonyl (C=O) groups excluding carboxylic acids is 2. The number of rotatable bonds is 9. The van der Waals surface area contributed by atoms with Gasteiger partial charge in [0.2, 0.25) is 12.2 Å². The van der Waals surface area contributed by atoms with Crippen LogP contribution in [0, 0.1) is 6.92 Å². The molecule has 0 bridgehead atoms. The van der Waals surface area contributed by atoms with Gasteiger partial charge in [0, 0.05) is 33.9 Å². The number of aryl methyl sites for hydroxylation is 1. The van der Waals surface area contributed by atoms with Crippen LogP contribution in [0.5, 0.6) is 5.75 Å². The molecule has 4 rings (SSSR count). The van der Waals surface area contributed by atoms with Crippen molar-refractivity contribution in [2.24, 2.45) is 0 Å². The number of aliphatic hydroxyl groups excluding tert-OH is 1. The number of ether oxygens (including phenoxy) is 1. The number of benzene rings is 3. The van der Waals surface area contributed by atoms with E-state index in [0.29, 0.717) is 43.6 Å². The van der Waals surface area contributed by atoms with Crippen molar-refractivity contribution >= 4 is 52.3 Å². The summed E-state index contributed by atoms with van der Waals surface area (Å²) in [5, 5.41) is 14.8. The minimum Gasteiger partial charge on any atom is -0.461 e. The zero-order valence-electron chi connectivity index (χ0n) is 19.9. The van der Waals surface area contributed by atoms with Gasteiger partial charge in [0.05, 0.1) is 11.4 Å². The molecule has 1 aromatic heterocycles. The summed E-state index contributed by atoms with van der Waals surface area (Å²) in [6, 6.07) is 20.4. The molecular formula is C27H23Cl2N3O4S. The number of nitrogens with one attached hydrogen (secondary N) is 1. The third-order valence-electron chi connectivity index (χ3n) is 5.31. The molecule has 0 spiro atoms. The summed E-state index contributed by atoms with van der Waals surface area (Å²) >= 11 is 13.1. The largest absolute Gasteiger partial charge is 0.461 e. The van der Waals surface area contributed by atoms with Crippen molar-refractivity contribution < 1.29 is 19.4 Å². The number of ketones is 1. The number of thioether (sulfide) groups is 1. The Bertz CT molecular complexity index is 1410. The summed E-state index contributed by atoms with van der Waals surface area (Å²) in [4.78, 5) is 29.5. The Morgan fingerprint density at radius 1 is 1.00 bits per heavy atom. The number of hydrogen-bond acceptors (Lipinski definition) is 6. The first-order chi connectivity index (χ1) is 17.7. The predicted molar refractivity (Wildman–Crippen MR) is 146 cm³/mol. The first-order valence-corrected chi connectivity index (χ1v) is 12.9. The van der Waals surface area contributed by atoms with Crippen LogP contribution in [-0.2, 0) is 4.79 Å². The Morgan fingerprint density at radius 2 is 1.59 bits per heavy atom. The number of halogens is 2. The molecule has 1 atom stereocenters. The van der Waals surface area contributed by atoms with Gasteiger partial charge >= 0.3 is 0 Å². The lowest BCUT2D eigenvalue weighted by Crippen LogP contribution is -2.15. The molecule has 2 N–H and O–H groups in total.